The molecule has 0 aliphatic rings. The molecule has 108 valence electrons. The molecule has 3 aromatic rings. The molecule has 0 amide bonds. The molecule has 0 fully saturated rings. The number of aryl methyl sites for hydroxylation is 3. The zero-order valence-corrected chi connectivity index (χ0v) is 12.8. The van der Waals surface area contributed by atoms with Crippen LogP contribution in [0.2, 0.25) is 0 Å². The van der Waals surface area contributed by atoms with Crippen molar-refractivity contribution in [3.05, 3.63) is 59.2 Å². The maximum Gasteiger partial charge on any atom is 0.147 e. The zero-order chi connectivity index (χ0) is 15.0. The average molecular weight is 303 g/mol. The number of nitrogens with zero attached hydrogens (tertiary/aromatic N) is 2. The number of rotatable bonds is 3. The largest absolute Gasteiger partial charge is 0.293 e. The third-order valence-electron chi connectivity index (χ3n) is 3.54. The lowest BCUT2D eigenvalue weighted by Crippen LogP contribution is -2.04. The molecular formula is C17H16ClFN2. The molecule has 4 heteroatoms. The maximum absolute atomic E-state index is 14.4. The molecule has 0 spiro atoms. The van der Waals surface area contributed by atoms with Crippen LogP contribution in [0.25, 0.3) is 16.7 Å². The van der Waals surface area contributed by atoms with Gasteiger partial charge < -0.3 is 0 Å². The van der Waals surface area contributed by atoms with Gasteiger partial charge in [0.1, 0.15) is 11.6 Å². The summed E-state index contributed by atoms with van der Waals surface area (Å²) in [4.78, 5) is 4.60. The molecule has 0 saturated carbocycles. The van der Waals surface area contributed by atoms with Gasteiger partial charge in [-0.3, -0.25) is 4.57 Å². The van der Waals surface area contributed by atoms with Crippen molar-refractivity contribution in [2.24, 2.45) is 0 Å². The highest BCUT2D eigenvalue weighted by molar-refractivity contribution is 6.17. The van der Waals surface area contributed by atoms with E-state index in [0.29, 0.717) is 18.0 Å². The van der Waals surface area contributed by atoms with E-state index < -0.39 is 0 Å². The van der Waals surface area contributed by atoms with Crippen LogP contribution in [0, 0.1) is 19.7 Å². The van der Waals surface area contributed by atoms with Crippen LogP contribution in [0.3, 0.4) is 0 Å². The lowest BCUT2D eigenvalue weighted by atomic mass is 10.2. The number of hydrogen-bond acceptors (Lipinski definition) is 1. The lowest BCUT2D eigenvalue weighted by molar-refractivity contribution is 0.616. The highest BCUT2D eigenvalue weighted by Crippen LogP contribution is 2.25. The third-order valence-corrected chi connectivity index (χ3v) is 3.73. The summed E-state index contributed by atoms with van der Waals surface area (Å²) < 4.78 is 16.3. The van der Waals surface area contributed by atoms with Crippen LogP contribution >= 0.6 is 11.6 Å². The SMILES string of the molecule is Cc1ccc(-n2c(CCCl)nc3ccc(C)cc32)c(F)c1. The van der Waals surface area contributed by atoms with Crippen molar-refractivity contribution in [2.75, 3.05) is 5.88 Å². The topological polar surface area (TPSA) is 17.8 Å². The van der Waals surface area contributed by atoms with Gasteiger partial charge in [0, 0.05) is 12.3 Å². The first-order chi connectivity index (χ1) is 10.1. The van der Waals surface area contributed by atoms with E-state index in [0.717, 1.165) is 28.0 Å². The fourth-order valence-electron chi connectivity index (χ4n) is 2.55. The summed E-state index contributed by atoms with van der Waals surface area (Å²) in [5.74, 6) is 0.996. The predicted octanol–water partition coefficient (Wildman–Crippen LogP) is 4.56. The Labute approximate surface area is 128 Å². The first-order valence-electron chi connectivity index (χ1n) is 6.90. The van der Waals surface area contributed by atoms with Crippen LogP contribution in [0.5, 0.6) is 0 Å². The Balaban J connectivity index is 2.32. The van der Waals surface area contributed by atoms with Crippen LogP contribution in [0.1, 0.15) is 17.0 Å². The van der Waals surface area contributed by atoms with Gasteiger partial charge in [-0.15, -0.1) is 11.6 Å². The van der Waals surface area contributed by atoms with E-state index in [2.05, 4.69) is 4.98 Å². The summed E-state index contributed by atoms with van der Waals surface area (Å²) in [5, 5.41) is 0. The summed E-state index contributed by atoms with van der Waals surface area (Å²) in [7, 11) is 0. The van der Waals surface area contributed by atoms with Crippen molar-refractivity contribution in [3.63, 3.8) is 0 Å². The molecule has 21 heavy (non-hydrogen) atoms. The fourth-order valence-corrected chi connectivity index (χ4v) is 2.72. The Morgan fingerprint density at radius 3 is 2.52 bits per heavy atom. The number of alkyl halides is 1. The second-order valence-corrected chi connectivity index (χ2v) is 5.63. The summed E-state index contributed by atoms with van der Waals surface area (Å²) in [5.41, 5.74) is 4.32. The molecule has 1 heterocycles. The number of halogens is 2. The monoisotopic (exact) mass is 302 g/mol. The van der Waals surface area contributed by atoms with E-state index in [-0.39, 0.29) is 5.82 Å². The fraction of sp³-hybridized carbons (Fsp3) is 0.235. The standard InChI is InChI=1S/C17H16ClFN2/c1-11-4-6-15(13(19)9-11)21-16-10-12(2)3-5-14(16)20-17(21)7-8-18/h3-6,9-10H,7-8H2,1-2H3. The minimum absolute atomic E-state index is 0.244. The minimum Gasteiger partial charge on any atom is -0.293 e. The van der Waals surface area contributed by atoms with Crippen molar-refractivity contribution >= 4 is 22.6 Å². The normalized spacial score (nSPS) is 11.2. The molecule has 0 bridgehead atoms. The number of aromatic nitrogens is 2. The molecular weight excluding hydrogens is 287 g/mol. The van der Waals surface area contributed by atoms with Crippen molar-refractivity contribution in [1.82, 2.24) is 9.55 Å². The van der Waals surface area contributed by atoms with Crippen LogP contribution in [0.15, 0.2) is 36.4 Å². The van der Waals surface area contributed by atoms with Crippen LogP contribution < -0.4 is 0 Å². The van der Waals surface area contributed by atoms with Gasteiger partial charge in [-0.05, 0) is 49.2 Å². The molecule has 0 saturated heterocycles. The van der Waals surface area contributed by atoms with Crippen LogP contribution in [0.4, 0.5) is 4.39 Å². The molecule has 0 unspecified atom stereocenters. The van der Waals surface area contributed by atoms with Gasteiger partial charge in [0.25, 0.3) is 0 Å². The second-order valence-electron chi connectivity index (χ2n) is 5.25. The quantitative estimate of drug-likeness (QED) is 0.648. The predicted molar refractivity (Wildman–Crippen MR) is 84.9 cm³/mol. The first kappa shape index (κ1) is 14.1. The van der Waals surface area contributed by atoms with Gasteiger partial charge in [0.15, 0.2) is 0 Å². The number of fused-ring (bicyclic) bond motifs is 1. The molecule has 2 nitrogen and oxygen atoms in total. The zero-order valence-electron chi connectivity index (χ0n) is 12.0. The van der Waals surface area contributed by atoms with E-state index >= 15 is 0 Å². The number of imidazole rings is 1. The number of benzene rings is 2. The average Bonchev–Trinajstić information content (AvgIpc) is 2.77. The van der Waals surface area contributed by atoms with Gasteiger partial charge in [-0.1, -0.05) is 12.1 Å². The Morgan fingerprint density at radius 1 is 1.10 bits per heavy atom. The van der Waals surface area contributed by atoms with E-state index in [1.807, 2.05) is 42.7 Å². The van der Waals surface area contributed by atoms with E-state index in [1.54, 1.807) is 12.1 Å². The summed E-state index contributed by atoms with van der Waals surface area (Å²) in [6, 6.07) is 11.2. The van der Waals surface area contributed by atoms with Crippen molar-refractivity contribution in [1.29, 1.82) is 0 Å². The molecule has 1 aromatic heterocycles. The Hall–Kier alpha value is -1.87. The van der Waals surface area contributed by atoms with Gasteiger partial charge in [0.2, 0.25) is 0 Å². The molecule has 0 radical (unpaired) electrons. The smallest absolute Gasteiger partial charge is 0.147 e. The molecule has 2 aromatic carbocycles. The highest BCUT2D eigenvalue weighted by atomic mass is 35.5. The van der Waals surface area contributed by atoms with Crippen LogP contribution in [-0.2, 0) is 6.42 Å². The van der Waals surface area contributed by atoms with Gasteiger partial charge >= 0.3 is 0 Å². The van der Waals surface area contributed by atoms with E-state index in [1.165, 1.54) is 0 Å². The molecule has 0 N–H and O–H groups in total. The highest BCUT2D eigenvalue weighted by Gasteiger charge is 2.15. The summed E-state index contributed by atoms with van der Waals surface area (Å²) in [6.07, 6.45) is 0.600. The first-order valence-corrected chi connectivity index (χ1v) is 7.44. The van der Waals surface area contributed by atoms with Gasteiger partial charge in [-0.25, -0.2) is 9.37 Å². The summed E-state index contributed by atoms with van der Waals surface area (Å²) >= 11 is 5.87. The second kappa shape index (κ2) is 5.49. The van der Waals surface area contributed by atoms with Crippen molar-refractivity contribution < 1.29 is 4.39 Å². The molecule has 0 aliphatic carbocycles. The van der Waals surface area contributed by atoms with E-state index in [4.69, 9.17) is 11.6 Å². The lowest BCUT2D eigenvalue weighted by Gasteiger charge is -2.10. The molecule has 0 aliphatic heterocycles. The van der Waals surface area contributed by atoms with Gasteiger partial charge in [0.05, 0.1) is 16.7 Å². The molecule has 3 rings (SSSR count). The Morgan fingerprint density at radius 2 is 1.81 bits per heavy atom. The summed E-state index contributed by atoms with van der Waals surface area (Å²) in [6.45, 7) is 3.90. The van der Waals surface area contributed by atoms with Crippen molar-refractivity contribution in [3.8, 4) is 5.69 Å². The minimum atomic E-state index is -0.244. The molecule has 0 atom stereocenters. The number of hydrogen-bond donors (Lipinski definition) is 0. The van der Waals surface area contributed by atoms with E-state index in [9.17, 15) is 4.39 Å². The Kier molecular flexibility index (Phi) is 3.68. The van der Waals surface area contributed by atoms with Gasteiger partial charge in [-0.2, -0.15) is 0 Å². The van der Waals surface area contributed by atoms with Crippen LogP contribution in [-0.4, -0.2) is 15.4 Å². The van der Waals surface area contributed by atoms with Crippen molar-refractivity contribution in [2.45, 2.75) is 20.3 Å². The Bertz CT molecular complexity index is 808. The maximum atomic E-state index is 14.4. The third kappa shape index (κ3) is 2.54.